The van der Waals surface area contributed by atoms with Crippen LogP contribution < -0.4 is 5.73 Å². The molecule has 1 heterocycles. The molecule has 0 saturated carbocycles. The minimum Gasteiger partial charge on any atom is -0.399 e. The van der Waals surface area contributed by atoms with Crippen LogP contribution in [0.15, 0.2) is 36.7 Å². The van der Waals surface area contributed by atoms with Gasteiger partial charge in [-0.1, -0.05) is 12.1 Å². The Kier molecular flexibility index (Phi) is 3.19. The number of hydrogen-bond donors (Lipinski definition) is 1. The number of nitrogens with zero attached hydrogens (tertiary/aromatic N) is 2. The summed E-state index contributed by atoms with van der Waals surface area (Å²) >= 11 is 0. The van der Waals surface area contributed by atoms with E-state index in [2.05, 4.69) is 5.10 Å². The number of nitrogen functional groups attached to an aromatic ring is 1. The van der Waals surface area contributed by atoms with Crippen LogP contribution in [0.1, 0.15) is 6.42 Å². The predicted octanol–water partition coefficient (Wildman–Crippen LogP) is 2.49. The van der Waals surface area contributed by atoms with Crippen molar-refractivity contribution in [3.8, 4) is 11.1 Å². The molecule has 2 N–H and O–H groups in total. The molecule has 0 amide bonds. The molecule has 84 valence electrons. The first-order chi connectivity index (χ1) is 7.79. The highest BCUT2D eigenvalue weighted by Crippen LogP contribution is 2.20. The molecule has 0 bridgehead atoms. The highest BCUT2D eigenvalue weighted by atomic mass is 19.1. The number of rotatable bonds is 4. The SMILES string of the molecule is Nc1cccc(-c2cnn(CCCF)c2)c1. The number of nitrogens with two attached hydrogens (primary N) is 1. The Hall–Kier alpha value is -1.84. The van der Waals surface area contributed by atoms with Crippen molar-refractivity contribution >= 4 is 5.69 Å². The molecule has 0 aliphatic rings. The molecular weight excluding hydrogens is 205 g/mol. The van der Waals surface area contributed by atoms with Gasteiger partial charge in [0.05, 0.1) is 12.9 Å². The number of aromatic nitrogens is 2. The van der Waals surface area contributed by atoms with Crippen LogP contribution in [0.5, 0.6) is 0 Å². The van der Waals surface area contributed by atoms with Gasteiger partial charge in [0.15, 0.2) is 0 Å². The molecule has 0 unspecified atom stereocenters. The van der Waals surface area contributed by atoms with E-state index in [4.69, 9.17) is 5.73 Å². The second-order valence-corrected chi connectivity index (χ2v) is 3.66. The Bertz CT molecular complexity index is 465. The van der Waals surface area contributed by atoms with Crippen LogP contribution in [-0.4, -0.2) is 16.5 Å². The molecule has 1 aromatic heterocycles. The first-order valence-corrected chi connectivity index (χ1v) is 5.24. The van der Waals surface area contributed by atoms with Gasteiger partial charge >= 0.3 is 0 Å². The number of halogens is 1. The molecule has 3 nitrogen and oxygen atoms in total. The van der Waals surface area contributed by atoms with Crippen molar-refractivity contribution in [2.75, 3.05) is 12.4 Å². The maximum Gasteiger partial charge on any atom is 0.0912 e. The lowest BCUT2D eigenvalue weighted by Gasteiger charge is -1.99. The van der Waals surface area contributed by atoms with E-state index in [1.165, 1.54) is 0 Å². The molecule has 0 spiro atoms. The average molecular weight is 219 g/mol. The van der Waals surface area contributed by atoms with Crippen molar-refractivity contribution in [2.45, 2.75) is 13.0 Å². The van der Waals surface area contributed by atoms with E-state index in [1.807, 2.05) is 30.5 Å². The van der Waals surface area contributed by atoms with Gasteiger partial charge in [-0.3, -0.25) is 9.07 Å². The van der Waals surface area contributed by atoms with Gasteiger partial charge in [0.2, 0.25) is 0 Å². The van der Waals surface area contributed by atoms with E-state index in [9.17, 15) is 4.39 Å². The molecule has 0 aliphatic heterocycles. The van der Waals surface area contributed by atoms with Crippen molar-refractivity contribution in [3.05, 3.63) is 36.7 Å². The zero-order valence-electron chi connectivity index (χ0n) is 8.94. The van der Waals surface area contributed by atoms with Gasteiger partial charge in [-0.05, 0) is 24.1 Å². The van der Waals surface area contributed by atoms with E-state index in [0.717, 1.165) is 16.8 Å². The van der Waals surface area contributed by atoms with Gasteiger partial charge in [-0.2, -0.15) is 5.10 Å². The zero-order valence-corrected chi connectivity index (χ0v) is 8.94. The third-order valence-corrected chi connectivity index (χ3v) is 2.37. The Morgan fingerprint density at radius 1 is 1.31 bits per heavy atom. The van der Waals surface area contributed by atoms with Crippen LogP contribution in [-0.2, 0) is 6.54 Å². The summed E-state index contributed by atoms with van der Waals surface area (Å²) in [5.74, 6) is 0. The van der Waals surface area contributed by atoms with Gasteiger partial charge in [-0.25, -0.2) is 0 Å². The van der Waals surface area contributed by atoms with Gasteiger partial charge in [-0.15, -0.1) is 0 Å². The van der Waals surface area contributed by atoms with Crippen LogP contribution in [0.25, 0.3) is 11.1 Å². The zero-order chi connectivity index (χ0) is 11.4. The maximum atomic E-state index is 12.0. The topological polar surface area (TPSA) is 43.8 Å². The molecule has 2 aromatic rings. The van der Waals surface area contributed by atoms with Crippen molar-refractivity contribution in [2.24, 2.45) is 0 Å². The molecule has 0 saturated heterocycles. The quantitative estimate of drug-likeness (QED) is 0.803. The third kappa shape index (κ3) is 2.39. The molecule has 1 aromatic carbocycles. The van der Waals surface area contributed by atoms with E-state index in [-0.39, 0.29) is 6.67 Å². The monoisotopic (exact) mass is 219 g/mol. The summed E-state index contributed by atoms with van der Waals surface area (Å²) in [7, 11) is 0. The lowest BCUT2D eigenvalue weighted by Crippen LogP contribution is -1.98. The predicted molar refractivity (Wildman–Crippen MR) is 62.7 cm³/mol. The minimum absolute atomic E-state index is 0.312. The molecule has 16 heavy (non-hydrogen) atoms. The number of benzene rings is 1. The standard InChI is InChI=1S/C12H14FN3/c13-5-2-6-16-9-11(8-15-16)10-3-1-4-12(14)7-10/h1,3-4,7-9H,2,5-6,14H2. The average Bonchev–Trinajstić information content (AvgIpc) is 2.75. The van der Waals surface area contributed by atoms with Crippen molar-refractivity contribution in [1.29, 1.82) is 0 Å². The smallest absolute Gasteiger partial charge is 0.0912 e. The second kappa shape index (κ2) is 4.79. The van der Waals surface area contributed by atoms with Gasteiger partial charge in [0, 0.05) is 24.0 Å². The van der Waals surface area contributed by atoms with Crippen LogP contribution >= 0.6 is 0 Å². The van der Waals surface area contributed by atoms with E-state index >= 15 is 0 Å². The normalized spacial score (nSPS) is 10.6. The lowest BCUT2D eigenvalue weighted by atomic mass is 10.1. The van der Waals surface area contributed by atoms with Gasteiger partial charge in [0.25, 0.3) is 0 Å². The molecule has 4 heteroatoms. The highest BCUT2D eigenvalue weighted by Gasteiger charge is 2.01. The summed E-state index contributed by atoms with van der Waals surface area (Å²) in [5, 5.41) is 4.17. The second-order valence-electron chi connectivity index (χ2n) is 3.66. The van der Waals surface area contributed by atoms with Crippen molar-refractivity contribution in [3.63, 3.8) is 0 Å². The fraction of sp³-hybridized carbons (Fsp3) is 0.250. The summed E-state index contributed by atoms with van der Waals surface area (Å²) in [6.07, 6.45) is 4.18. The van der Waals surface area contributed by atoms with Crippen molar-refractivity contribution < 1.29 is 4.39 Å². The summed E-state index contributed by atoms with van der Waals surface area (Å²) < 4.78 is 13.8. The van der Waals surface area contributed by atoms with Crippen LogP contribution in [0.3, 0.4) is 0 Å². The van der Waals surface area contributed by atoms with Crippen LogP contribution in [0.2, 0.25) is 0 Å². The summed E-state index contributed by atoms with van der Waals surface area (Å²) in [6.45, 7) is 0.298. The molecule has 0 aliphatic carbocycles. The molecule has 0 atom stereocenters. The Morgan fingerprint density at radius 2 is 2.19 bits per heavy atom. The maximum absolute atomic E-state index is 12.0. The Labute approximate surface area is 93.7 Å². The fourth-order valence-electron chi connectivity index (χ4n) is 1.57. The van der Waals surface area contributed by atoms with Gasteiger partial charge < -0.3 is 5.73 Å². The minimum atomic E-state index is -0.312. The highest BCUT2D eigenvalue weighted by molar-refractivity contribution is 5.65. The van der Waals surface area contributed by atoms with Crippen molar-refractivity contribution in [1.82, 2.24) is 9.78 Å². The summed E-state index contributed by atoms with van der Waals surface area (Å²) in [6, 6.07) is 7.63. The molecule has 0 radical (unpaired) electrons. The first-order valence-electron chi connectivity index (χ1n) is 5.24. The van der Waals surface area contributed by atoms with E-state index in [0.29, 0.717) is 13.0 Å². The fourth-order valence-corrected chi connectivity index (χ4v) is 1.57. The van der Waals surface area contributed by atoms with E-state index < -0.39 is 0 Å². The molecule has 2 rings (SSSR count). The number of aryl methyl sites for hydroxylation is 1. The Morgan fingerprint density at radius 3 is 2.94 bits per heavy atom. The van der Waals surface area contributed by atoms with E-state index in [1.54, 1.807) is 10.9 Å². The number of anilines is 1. The largest absolute Gasteiger partial charge is 0.399 e. The van der Waals surface area contributed by atoms with Gasteiger partial charge in [0.1, 0.15) is 0 Å². The summed E-state index contributed by atoms with van der Waals surface area (Å²) in [4.78, 5) is 0. The van der Waals surface area contributed by atoms with Crippen LogP contribution in [0.4, 0.5) is 10.1 Å². The first kappa shape index (κ1) is 10.7. The third-order valence-electron chi connectivity index (χ3n) is 2.37. The van der Waals surface area contributed by atoms with Crippen LogP contribution in [0, 0.1) is 0 Å². The molecule has 0 fully saturated rings. The summed E-state index contributed by atoms with van der Waals surface area (Å²) in [5.41, 5.74) is 8.48. The molecular formula is C12H14FN3. The Balaban J connectivity index is 2.18. The number of hydrogen-bond acceptors (Lipinski definition) is 2. The lowest BCUT2D eigenvalue weighted by molar-refractivity contribution is 0.435. The number of alkyl halides is 1.